The number of anilines is 1. The van der Waals surface area contributed by atoms with Crippen LogP contribution >= 0.6 is 0 Å². The topological polar surface area (TPSA) is 46.3 Å². The van der Waals surface area contributed by atoms with E-state index in [1.54, 1.807) is 0 Å². The van der Waals surface area contributed by atoms with Crippen LogP contribution in [0.2, 0.25) is 0 Å². The molecule has 2 N–H and O–H groups in total. The zero-order valence-corrected chi connectivity index (χ0v) is 10.0. The SMILES string of the molecule is CC(C)C(=O)N(CCCN)c1ccccc1. The lowest BCUT2D eigenvalue weighted by Gasteiger charge is -2.24. The van der Waals surface area contributed by atoms with Crippen molar-refractivity contribution < 1.29 is 4.79 Å². The van der Waals surface area contributed by atoms with Crippen LogP contribution < -0.4 is 10.6 Å². The van der Waals surface area contributed by atoms with Gasteiger partial charge < -0.3 is 10.6 Å². The van der Waals surface area contributed by atoms with Gasteiger partial charge in [0.25, 0.3) is 0 Å². The van der Waals surface area contributed by atoms with Gasteiger partial charge in [-0.3, -0.25) is 4.79 Å². The Balaban J connectivity index is 2.83. The van der Waals surface area contributed by atoms with Crippen molar-refractivity contribution in [3.8, 4) is 0 Å². The lowest BCUT2D eigenvalue weighted by atomic mass is 10.1. The molecule has 0 aliphatic carbocycles. The van der Waals surface area contributed by atoms with E-state index in [1.807, 2.05) is 49.1 Å². The van der Waals surface area contributed by atoms with Crippen molar-refractivity contribution in [1.29, 1.82) is 0 Å². The summed E-state index contributed by atoms with van der Waals surface area (Å²) in [7, 11) is 0. The second-order valence-corrected chi connectivity index (χ2v) is 4.12. The Morgan fingerprint density at radius 3 is 2.44 bits per heavy atom. The van der Waals surface area contributed by atoms with E-state index in [1.165, 1.54) is 0 Å². The minimum absolute atomic E-state index is 0.0120. The molecule has 88 valence electrons. The number of hydrogen-bond donors (Lipinski definition) is 1. The molecule has 0 bridgehead atoms. The van der Waals surface area contributed by atoms with Crippen LogP contribution in [0.3, 0.4) is 0 Å². The first-order valence-corrected chi connectivity index (χ1v) is 5.73. The third kappa shape index (κ3) is 3.35. The Morgan fingerprint density at radius 2 is 1.94 bits per heavy atom. The molecule has 0 aromatic heterocycles. The molecule has 0 fully saturated rings. The average molecular weight is 220 g/mol. The van der Waals surface area contributed by atoms with Crippen molar-refractivity contribution in [2.45, 2.75) is 20.3 Å². The van der Waals surface area contributed by atoms with Crippen LogP contribution in [0.15, 0.2) is 30.3 Å². The summed E-state index contributed by atoms with van der Waals surface area (Å²) in [5.41, 5.74) is 6.45. The van der Waals surface area contributed by atoms with Crippen LogP contribution in [0.1, 0.15) is 20.3 Å². The van der Waals surface area contributed by atoms with Gasteiger partial charge in [-0.15, -0.1) is 0 Å². The van der Waals surface area contributed by atoms with E-state index in [0.717, 1.165) is 12.1 Å². The fourth-order valence-electron chi connectivity index (χ4n) is 1.54. The molecular formula is C13H20N2O. The van der Waals surface area contributed by atoms with Crippen molar-refractivity contribution in [1.82, 2.24) is 0 Å². The van der Waals surface area contributed by atoms with Crippen molar-refractivity contribution >= 4 is 11.6 Å². The first kappa shape index (κ1) is 12.7. The quantitative estimate of drug-likeness (QED) is 0.825. The summed E-state index contributed by atoms with van der Waals surface area (Å²) in [6.07, 6.45) is 0.827. The van der Waals surface area contributed by atoms with E-state index >= 15 is 0 Å². The first-order chi connectivity index (χ1) is 7.66. The molecule has 0 unspecified atom stereocenters. The van der Waals surface area contributed by atoms with Gasteiger partial charge in [0.15, 0.2) is 0 Å². The van der Waals surface area contributed by atoms with Crippen molar-refractivity contribution in [3.63, 3.8) is 0 Å². The monoisotopic (exact) mass is 220 g/mol. The Labute approximate surface area is 97.2 Å². The summed E-state index contributed by atoms with van der Waals surface area (Å²) in [6.45, 7) is 5.13. The van der Waals surface area contributed by atoms with Crippen LogP contribution in [0.5, 0.6) is 0 Å². The predicted molar refractivity (Wildman–Crippen MR) is 67.3 cm³/mol. The van der Waals surface area contributed by atoms with Gasteiger partial charge in [-0.25, -0.2) is 0 Å². The molecule has 3 nitrogen and oxygen atoms in total. The molecule has 0 radical (unpaired) electrons. The van der Waals surface area contributed by atoms with Gasteiger partial charge in [-0.2, -0.15) is 0 Å². The van der Waals surface area contributed by atoms with E-state index in [-0.39, 0.29) is 11.8 Å². The third-order valence-corrected chi connectivity index (χ3v) is 2.41. The first-order valence-electron chi connectivity index (χ1n) is 5.73. The van der Waals surface area contributed by atoms with Crippen LogP contribution in [0, 0.1) is 5.92 Å². The van der Waals surface area contributed by atoms with Gasteiger partial charge in [-0.05, 0) is 25.1 Å². The molecule has 1 aromatic carbocycles. The van der Waals surface area contributed by atoms with Crippen LogP contribution in [0.25, 0.3) is 0 Å². The highest BCUT2D eigenvalue weighted by molar-refractivity contribution is 5.94. The lowest BCUT2D eigenvalue weighted by Crippen LogP contribution is -2.35. The molecule has 16 heavy (non-hydrogen) atoms. The molecule has 0 atom stereocenters. The van der Waals surface area contributed by atoms with E-state index in [0.29, 0.717) is 13.1 Å². The number of carbonyl (C=O) groups is 1. The molecule has 1 amide bonds. The summed E-state index contributed by atoms with van der Waals surface area (Å²) in [5.74, 6) is 0.164. The Bertz CT molecular complexity index is 322. The number of para-hydroxylation sites is 1. The molecule has 0 heterocycles. The highest BCUT2D eigenvalue weighted by atomic mass is 16.2. The van der Waals surface area contributed by atoms with E-state index in [4.69, 9.17) is 5.73 Å². The highest BCUT2D eigenvalue weighted by Crippen LogP contribution is 2.16. The largest absolute Gasteiger partial charge is 0.330 e. The van der Waals surface area contributed by atoms with Gasteiger partial charge in [0, 0.05) is 18.2 Å². The molecule has 0 saturated heterocycles. The zero-order valence-electron chi connectivity index (χ0n) is 10.0. The maximum absolute atomic E-state index is 12.0. The molecule has 0 aliphatic heterocycles. The van der Waals surface area contributed by atoms with Gasteiger partial charge in [0.1, 0.15) is 0 Å². The Hall–Kier alpha value is -1.35. The standard InChI is InChI=1S/C13H20N2O/c1-11(2)13(16)15(10-6-9-14)12-7-4-3-5-8-12/h3-5,7-8,11H,6,9-10,14H2,1-2H3. The van der Waals surface area contributed by atoms with Crippen molar-refractivity contribution in [2.24, 2.45) is 11.7 Å². The summed E-state index contributed by atoms with van der Waals surface area (Å²) in [5, 5.41) is 0. The fraction of sp³-hybridized carbons (Fsp3) is 0.462. The number of nitrogens with zero attached hydrogens (tertiary/aromatic N) is 1. The van der Waals surface area contributed by atoms with Crippen molar-refractivity contribution in [2.75, 3.05) is 18.0 Å². The van der Waals surface area contributed by atoms with Gasteiger partial charge in [-0.1, -0.05) is 32.0 Å². The highest BCUT2D eigenvalue weighted by Gasteiger charge is 2.17. The minimum Gasteiger partial charge on any atom is -0.330 e. The zero-order chi connectivity index (χ0) is 12.0. The second-order valence-electron chi connectivity index (χ2n) is 4.12. The van der Waals surface area contributed by atoms with E-state index < -0.39 is 0 Å². The molecule has 3 heteroatoms. The number of carbonyl (C=O) groups excluding carboxylic acids is 1. The normalized spacial score (nSPS) is 10.5. The molecule has 0 saturated carbocycles. The molecule has 1 rings (SSSR count). The number of amides is 1. The summed E-state index contributed by atoms with van der Waals surface area (Å²) in [6, 6.07) is 9.74. The maximum Gasteiger partial charge on any atom is 0.229 e. The summed E-state index contributed by atoms with van der Waals surface area (Å²) < 4.78 is 0. The summed E-state index contributed by atoms with van der Waals surface area (Å²) in [4.78, 5) is 13.9. The number of benzene rings is 1. The van der Waals surface area contributed by atoms with E-state index in [9.17, 15) is 4.79 Å². The number of hydrogen-bond acceptors (Lipinski definition) is 2. The maximum atomic E-state index is 12.0. The van der Waals surface area contributed by atoms with Gasteiger partial charge in [0.2, 0.25) is 5.91 Å². The third-order valence-electron chi connectivity index (χ3n) is 2.41. The summed E-state index contributed by atoms with van der Waals surface area (Å²) >= 11 is 0. The lowest BCUT2D eigenvalue weighted by molar-refractivity contribution is -0.121. The van der Waals surface area contributed by atoms with Crippen LogP contribution in [-0.4, -0.2) is 19.0 Å². The number of nitrogens with two attached hydrogens (primary N) is 1. The predicted octanol–water partition coefficient (Wildman–Crippen LogP) is 2.02. The number of rotatable bonds is 5. The fourth-order valence-corrected chi connectivity index (χ4v) is 1.54. The van der Waals surface area contributed by atoms with Crippen molar-refractivity contribution in [3.05, 3.63) is 30.3 Å². The average Bonchev–Trinajstić information content (AvgIpc) is 2.30. The Kier molecular flexibility index (Phi) is 4.99. The second kappa shape index (κ2) is 6.28. The molecule has 0 spiro atoms. The van der Waals surface area contributed by atoms with Crippen LogP contribution in [0.4, 0.5) is 5.69 Å². The smallest absolute Gasteiger partial charge is 0.229 e. The minimum atomic E-state index is 0.0120. The molecule has 0 aliphatic rings. The van der Waals surface area contributed by atoms with Gasteiger partial charge >= 0.3 is 0 Å². The molecular weight excluding hydrogens is 200 g/mol. The Morgan fingerprint density at radius 1 is 1.31 bits per heavy atom. The van der Waals surface area contributed by atoms with Crippen LogP contribution in [-0.2, 0) is 4.79 Å². The van der Waals surface area contributed by atoms with E-state index in [2.05, 4.69) is 0 Å². The molecule has 1 aromatic rings. The van der Waals surface area contributed by atoms with Gasteiger partial charge in [0.05, 0.1) is 0 Å².